The van der Waals surface area contributed by atoms with Gasteiger partial charge in [-0.2, -0.15) is 0 Å². The Morgan fingerprint density at radius 3 is 2.47 bits per heavy atom. The van der Waals surface area contributed by atoms with Crippen molar-refractivity contribution in [1.82, 2.24) is 9.55 Å². The number of carboxylic acid groups (broad SMARTS) is 1. The summed E-state index contributed by atoms with van der Waals surface area (Å²) in [4.78, 5) is 31.1. The molecule has 1 fully saturated rings. The second-order valence-electron chi connectivity index (χ2n) is 10.5. The smallest absolute Gasteiger partial charge is 0.414 e. The number of hydrogen-bond donors (Lipinski definition) is 1. The molecule has 2 atom stereocenters. The van der Waals surface area contributed by atoms with Crippen LogP contribution in [-0.2, 0) is 16.0 Å². The number of aliphatic carboxylic acids is 1. The Balaban J connectivity index is 1.65. The maximum Gasteiger partial charge on any atom is 0.414 e. The summed E-state index contributed by atoms with van der Waals surface area (Å²) in [5.41, 5.74) is 4.37. The van der Waals surface area contributed by atoms with Crippen molar-refractivity contribution >= 4 is 28.8 Å². The number of anilines is 1. The van der Waals surface area contributed by atoms with E-state index in [1.807, 2.05) is 32.0 Å². The fraction of sp³-hybridized carbons (Fsp3) is 0.483. The van der Waals surface area contributed by atoms with Gasteiger partial charge in [0.2, 0.25) is 0 Å². The summed E-state index contributed by atoms with van der Waals surface area (Å²) >= 11 is 0. The molecule has 38 heavy (non-hydrogen) atoms. The summed E-state index contributed by atoms with van der Waals surface area (Å²) in [6.45, 7) is 4.02. The lowest BCUT2D eigenvalue weighted by molar-refractivity contribution is -0.143. The summed E-state index contributed by atoms with van der Waals surface area (Å²) in [6.07, 6.45) is 3.81. The molecule has 1 amide bonds. The highest BCUT2D eigenvalue weighted by Gasteiger charge is 2.34. The van der Waals surface area contributed by atoms with Crippen LogP contribution in [0.1, 0.15) is 74.9 Å². The lowest BCUT2D eigenvalue weighted by Crippen LogP contribution is -2.42. The monoisotopic (exact) mass is 523 g/mol. The molecule has 202 valence electrons. The van der Waals surface area contributed by atoms with Gasteiger partial charge in [-0.05, 0) is 75.3 Å². The van der Waals surface area contributed by atoms with E-state index in [-0.39, 0.29) is 29.7 Å². The van der Waals surface area contributed by atoms with E-state index in [0.717, 1.165) is 59.4 Å². The predicted molar refractivity (Wildman–Crippen MR) is 141 cm³/mol. The highest BCUT2D eigenvalue weighted by Crippen LogP contribution is 2.42. The largest absolute Gasteiger partial charge is 0.494 e. The van der Waals surface area contributed by atoms with Crippen molar-refractivity contribution in [2.75, 3.05) is 19.1 Å². The van der Waals surface area contributed by atoms with Gasteiger partial charge in [0.05, 0.1) is 36.9 Å². The normalized spacial score (nSPS) is 22.1. The third-order valence-electron chi connectivity index (χ3n) is 8.33. The fourth-order valence-corrected chi connectivity index (χ4v) is 6.16. The summed E-state index contributed by atoms with van der Waals surface area (Å²) in [6, 6.07) is 9.02. The number of nitrogens with zero attached hydrogens (tertiary/aromatic N) is 3. The molecule has 0 spiro atoms. The highest BCUT2D eigenvalue weighted by atomic mass is 19.1. The molecule has 0 radical (unpaired) electrons. The lowest BCUT2D eigenvalue weighted by atomic mass is 9.85. The van der Waals surface area contributed by atoms with Gasteiger partial charge in [-0.15, -0.1) is 0 Å². The standard InChI is InChI=1S/C29H34FN3O5/c1-16-5-11-21-23(32(16)29(36)38-4)12-13-24-26(21)31-27(17(2)19-8-14-25(37-3)22(30)15-19)33(24)20-9-6-18(7-10-20)28(34)35/h8,12-18,20H,5-7,9-11H2,1-4H3,(H,34,35)/t16-,17?,18?,20?/m0/s1. The minimum atomic E-state index is -0.743. The molecule has 3 aromatic rings. The molecule has 1 aromatic heterocycles. The molecule has 2 aromatic carbocycles. The minimum Gasteiger partial charge on any atom is -0.494 e. The molecule has 9 heteroatoms. The van der Waals surface area contributed by atoms with E-state index in [4.69, 9.17) is 14.5 Å². The first kappa shape index (κ1) is 26.0. The molecular formula is C29H34FN3O5. The molecule has 2 heterocycles. The number of imidazole rings is 1. The Labute approximate surface area is 221 Å². The quantitative estimate of drug-likeness (QED) is 0.437. The zero-order chi connectivity index (χ0) is 27.1. The van der Waals surface area contributed by atoms with Crippen LogP contribution in [-0.4, -0.2) is 47.0 Å². The Morgan fingerprint density at radius 1 is 1.11 bits per heavy atom. The molecule has 1 aliphatic heterocycles. The maximum atomic E-state index is 14.7. The number of aryl methyl sites for hydroxylation is 1. The summed E-state index contributed by atoms with van der Waals surface area (Å²) < 4.78 is 27.1. The second kappa shape index (κ2) is 10.3. The number of carboxylic acids is 1. The van der Waals surface area contributed by atoms with Gasteiger partial charge in [0, 0.05) is 23.6 Å². The lowest BCUT2D eigenvalue weighted by Gasteiger charge is -2.34. The number of halogens is 1. The van der Waals surface area contributed by atoms with Crippen molar-refractivity contribution in [3.8, 4) is 5.75 Å². The van der Waals surface area contributed by atoms with Crippen LogP contribution in [0.3, 0.4) is 0 Å². The zero-order valence-electron chi connectivity index (χ0n) is 22.2. The number of rotatable bonds is 5. The second-order valence-corrected chi connectivity index (χ2v) is 10.5. The molecule has 0 bridgehead atoms. The van der Waals surface area contributed by atoms with Gasteiger partial charge < -0.3 is 19.1 Å². The topological polar surface area (TPSA) is 93.9 Å². The molecule has 2 aliphatic rings. The summed E-state index contributed by atoms with van der Waals surface area (Å²) in [5.74, 6) is -0.739. The first-order valence-electron chi connectivity index (χ1n) is 13.2. The van der Waals surface area contributed by atoms with Gasteiger partial charge in [0.1, 0.15) is 5.82 Å². The summed E-state index contributed by atoms with van der Waals surface area (Å²) in [5, 5.41) is 9.52. The molecule has 5 rings (SSSR count). The molecule has 1 aliphatic carbocycles. The van der Waals surface area contributed by atoms with Crippen LogP contribution in [0.25, 0.3) is 11.0 Å². The number of methoxy groups -OCH3 is 2. The van der Waals surface area contributed by atoms with Crippen molar-refractivity contribution < 1.29 is 28.6 Å². The van der Waals surface area contributed by atoms with E-state index in [0.29, 0.717) is 12.8 Å². The molecule has 8 nitrogen and oxygen atoms in total. The molecule has 1 saturated carbocycles. The van der Waals surface area contributed by atoms with E-state index in [2.05, 4.69) is 4.57 Å². The Kier molecular flexibility index (Phi) is 7.03. The van der Waals surface area contributed by atoms with E-state index in [1.165, 1.54) is 20.3 Å². The van der Waals surface area contributed by atoms with Crippen molar-refractivity contribution in [2.24, 2.45) is 5.92 Å². The summed E-state index contributed by atoms with van der Waals surface area (Å²) in [7, 11) is 2.83. The Morgan fingerprint density at radius 2 is 1.84 bits per heavy atom. The van der Waals surface area contributed by atoms with Crippen LogP contribution in [0, 0.1) is 11.7 Å². The van der Waals surface area contributed by atoms with E-state index >= 15 is 0 Å². The Hall–Kier alpha value is -3.62. The van der Waals surface area contributed by atoms with Crippen molar-refractivity contribution in [3.63, 3.8) is 0 Å². The number of hydrogen-bond acceptors (Lipinski definition) is 5. The third-order valence-corrected chi connectivity index (χ3v) is 8.33. The van der Waals surface area contributed by atoms with Crippen LogP contribution in [0.4, 0.5) is 14.9 Å². The molecule has 1 unspecified atom stereocenters. The van der Waals surface area contributed by atoms with E-state index in [9.17, 15) is 19.1 Å². The highest BCUT2D eigenvalue weighted by molar-refractivity contribution is 5.95. The van der Waals surface area contributed by atoms with Gasteiger partial charge in [-0.25, -0.2) is 14.2 Å². The minimum absolute atomic E-state index is 0.00134. The zero-order valence-corrected chi connectivity index (χ0v) is 22.2. The average molecular weight is 524 g/mol. The predicted octanol–water partition coefficient (Wildman–Crippen LogP) is 6.06. The van der Waals surface area contributed by atoms with Crippen LogP contribution >= 0.6 is 0 Å². The van der Waals surface area contributed by atoms with Gasteiger partial charge in [0.15, 0.2) is 11.6 Å². The number of aromatic nitrogens is 2. The van der Waals surface area contributed by atoms with E-state index < -0.39 is 17.9 Å². The molecular weight excluding hydrogens is 489 g/mol. The van der Waals surface area contributed by atoms with Crippen LogP contribution in [0.15, 0.2) is 30.3 Å². The van der Waals surface area contributed by atoms with Crippen LogP contribution < -0.4 is 9.64 Å². The van der Waals surface area contributed by atoms with Crippen molar-refractivity contribution in [2.45, 2.75) is 70.4 Å². The van der Waals surface area contributed by atoms with Crippen LogP contribution in [0.5, 0.6) is 5.75 Å². The van der Waals surface area contributed by atoms with E-state index in [1.54, 1.807) is 11.0 Å². The third kappa shape index (κ3) is 4.37. The van der Waals surface area contributed by atoms with Gasteiger partial charge in [-0.3, -0.25) is 9.69 Å². The average Bonchev–Trinajstić information content (AvgIpc) is 3.32. The van der Waals surface area contributed by atoms with Gasteiger partial charge in [-0.1, -0.05) is 13.0 Å². The first-order chi connectivity index (χ1) is 18.2. The number of carbonyl (C=O) groups excluding carboxylic acids is 1. The molecule has 1 N–H and O–H groups in total. The fourth-order valence-electron chi connectivity index (χ4n) is 6.16. The number of amides is 1. The number of benzene rings is 2. The maximum absolute atomic E-state index is 14.7. The van der Waals surface area contributed by atoms with Crippen molar-refractivity contribution in [3.05, 3.63) is 53.1 Å². The number of ether oxygens (including phenoxy) is 2. The van der Waals surface area contributed by atoms with Gasteiger partial charge >= 0.3 is 12.1 Å². The SMILES string of the molecule is COC(=O)N1c2ccc3c(nc(C(C)c4ccc(OC)c(F)c4)n3C3CCC(C(=O)O)CC3)c2CC[C@@H]1C. The van der Waals surface area contributed by atoms with Crippen LogP contribution in [0.2, 0.25) is 0 Å². The van der Waals surface area contributed by atoms with Gasteiger partial charge in [0.25, 0.3) is 0 Å². The number of fused-ring (bicyclic) bond motifs is 3. The Bertz CT molecular complexity index is 1380. The number of carbonyl (C=O) groups is 2. The first-order valence-corrected chi connectivity index (χ1v) is 13.2. The van der Waals surface area contributed by atoms with Crippen molar-refractivity contribution in [1.29, 1.82) is 0 Å². The molecule has 0 saturated heterocycles.